The summed E-state index contributed by atoms with van der Waals surface area (Å²) >= 11 is 0. The Morgan fingerprint density at radius 1 is 1.12 bits per heavy atom. The van der Waals surface area contributed by atoms with Gasteiger partial charge in [0.25, 0.3) is 5.91 Å². The normalized spacial score (nSPS) is 22.7. The molecule has 2 aromatic carbocycles. The van der Waals surface area contributed by atoms with Gasteiger partial charge in [0.1, 0.15) is 17.2 Å². The largest absolute Gasteiger partial charge is 0.534 e. The van der Waals surface area contributed by atoms with E-state index in [9.17, 15) is 31.5 Å². The zero-order valence-electron chi connectivity index (χ0n) is 24.0. The molecule has 0 spiro atoms. The first kappa shape index (κ1) is 22.6. The molecule has 1 saturated carbocycles. The second-order valence-corrected chi connectivity index (χ2v) is 11.9. The highest BCUT2D eigenvalue weighted by molar-refractivity contribution is 7.88. The predicted octanol–water partition coefficient (Wildman–Crippen LogP) is 4.21. The molecule has 0 unspecified atom stereocenters. The highest BCUT2D eigenvalue weighted by atomic mass is 32.2. The number of nitrogens with zero attached hydrogens (tertiary/aromatic N) is 5. The number of imidazole rings is 1. The minimum atomic E-state index is -6.13. The molecule has 1 aliphatic carbocycles. The number of benzene rings is 2. The molecule has 7 rings (SSSR count). The third-order valence-corrected chi connectivity index (χ3v) is 8.96. The molecule has 1 N–H and O–H groups in total. The summed E-state index contributed by atoms with van der Waals surface area (Å²) in [5.74, 6) is -1.28. The van der Waals surface area contributed by atoms with Gasteiger partial charge in [-0.1, -0.05) is 12.1 Å². The van der Waals surface area contributed by atoms with E-state index in [1.807, 2.05) is 0 Å². The van der Waals surface area contributed by atoms with Crippen molar-refractivity contribution in [3.8, 4) is 16.9 Å². The van der Waals surface area contributed by atoms with Gasteiger partial charge in [0.05, 0.1) is 23.1 Å². The first-order chi connectivity index (χ1) is 20.6. The van der Waals surface area contributed by atoms with Crippen LogP contribution in [-0.4, -0.2) is 56.3 Å². The molecule has 2 bridgehead atoms. The summed E-state index contributed by atoms with van der Waals surface area (Å²) in [6.45, 7) is -2.97. The molecule has 3 aliphatic rings. The van der Waals surface area contributed by atoms with Gasteiger partial charge in [-0.05, 0) is 49.1 Å². The Morgan fingerprint density at radius 3 is 2.54 bits per heavy atom. The van der Waals surface area contributed by atoms with Gasteiger partial charge in [0.2, 0.25) is 0 Å². The van der Waals surface area contributed by atoms with Crippen LogP contribution < -0.4 is 4.18 Å². The van der Waals surface area contributed by atoms with Crippen LogP contribution in [0, 0.1) is 0 Å². The van der Waals surface area contributed by atoms with E-state index < -0.39 is 51.9 Å². The van der Waals surface area contributed by atoms with Gasteiger partial charge in [-0.15, -0.1) is 0 Å². The molecule has 14 heteroatoms. The highest BCUT2D eigenvalue weighted by Crippen LogP contribution is 2.50. The van der Waals surface area contributed by atoms with Crippen LogP contribution in [0.4, 0.5) is 13.2 Å². The molecule has 2 aliphatic heterocycles. The molecule has 4 heterocycles. The van der Waals surface area contributed by atoms with Crippen LogP contribution in [0.2, 0.25) is 0 Å². The van der Waals surface area contributed by atoms with Crippen LogP contribution in [0.3, 0.4) is 0 Å². The van der Waals surface area contributed by atoms with Crippen molar-refractivity contribution in [1.29, 1.82) is 0 Å². The van der Waals surface area contributed by atoms with Crippen LogP contribution in [0.15, 0.2) is 48.8 Å². The fourth-order valence-corrected chi connectivity index (χ4v) is 6.26. The van der Waals surface area contributed by atoms with Crippen molar-refractivity contribution >= 4 is 27.1 Å². The number of carbonyl (C=O) groups is 1. The van der Waals surface area contributed by atoms with E-state index in [-0.39, 0.29) is 23.4 Å². The van der Waals surface area contributed by atoms with Gasteiger partial charge >= 0.3 is 15.6 Å². The van der Waals surface area contributed by atoms with Crippen LogP contribution >= 0.6 is 0 Å². The predicted molar refractivity (Wildman–Crippen MR) is 138 cm³/mol. The number of aliphatic hydroxyl groups is 1. The number of aromatic nitrogens is 4. The molecule has 2 atom stereocenters. The molecule has 1 fully saturated rings. The molecule has 10 nitrogen and oxygen atoms in total. The molecule has 0 saturated heterocycles. The molecular weight excluding hydrogens is 563 g/mol. The van der Waals surface area contributed by atoms with Crippen molar-refractivity contribution in [3.63, 3.8) is 0 Å². The van der Waals surface area contributed by atoms with Crippen LogP contribution in [0.25, 0.3) is 22.2 Å². The zero-order valence-corrected chi connectivity index (χ0v) is 21.8. The number of hydrogen-bond acceptors (Lipinski definition) is 8. The Bertz CT molecular complexity index is 1960. The fraction of sp³-hybridized carbons (Fsp3) is 0.333. The van der Waals surface area contributed by atoms with E-state index >= 15 is 0 Å². The molecule has 41 heavy (non-hydrogen) atoms. The van der Waals surface area contributed by atoms with Crippen molar-refractivity contribution in [1.82, 2.24) is 24.4 Å². The Balaban J connectivity index is 1.41. The number of amides is 1. The molecule has 1 amide bonds. The SMILES string of the molecule is [2H]C([2H])([2H])N1C(=O)c2cccc(OS(=O)(=O)C(F)(F)F)c2[C@H]2C[C@@H]1c1nc3ccc(-c4cnc(C5(O)CCC5)nc4)cc3n12. The average Bonchev–Trinajstić information content (AvgIpc) is 3.43. The van der Waals surface area contributed by atoms with E-state index in [1.54, 1.807) is 35.2 Å². The van der Waals surface area contributed by atoms with E-state index in [1.165, 1.54) is 6.07 Å². The Kier molecular flexibility index (Phi) is 4.68. The second kappa shape index (κ2) is 8.49. The Hall–Kier alpha value is -4.04. The summed E-state index contributed by atoms with van der Waals surface area (Å²) in [5, 5.41) is 10.6. The summed E-state index contributed by atoms with van der Waals surface area (Å²) in [7, 11) is -6.13. The van der Waals surface area contributed by atoms with Gasteiger partial charge in [-0.3, -0.25) is 4.79 Å². The topological polar surface area (TPSA) is 128 Å². The van der Waals surface area contributed by atoms with E-state index in [4.69, 9.17) is 4.11 Å². The molecule has 2 aromatic heterocycles. The third-order valence-electron chi connectivity index (χ3n) is 8.00. The molecule has 0 radical (unpaired) electrons. The summed E-state index contributed by atoms with van der Waals surface area (Å²) in [6, 6.07) is 6.34. The van der Waals surface area contributed by atoms with Gasteiger partial charge in [0.15, 0.2) is 5.82 Å². The highest BCUT2D eigenvalue weighted by Gasteiger charge is 2.50. The van der Waals surface area contributed by atoms with Crippen LogP contribution in [0.1, 0.15) is 69.4 Å². The molecule has 4 aromatic rings. The zero-order chi connectivity index (χ0) is 31.4. The maximum atomic E-state index is 13.6. The summed E-state index contributed by atoms with van der Waals surface area (Å²) in [4.78, 5) is 27.6. The number of carbonyl (C=O) groups excluding carboxylic acids is 1. The van der Waals surface area contributed by atoms with Gasteiger partial charge in [-0.25, -0.2) is 15.0 Å². The van der Waals surface area contributed by atoms with E-state index in [0.29, 0.717) is 45.7 Å². The van der Waals surface area contributed by atoms with Crippen LogP contribution in [0.5, 0.6) is 5.75 Å². The number of halogens is 3. The maximum Gasteiger partial charge on any atom is 0.534 e. The van der Waals surface area contributed by atoms with Gasteiger partial charge < -0.3 is 18.8 Å². The Labute approximate surface area is 235 Å². The van der Waals surface area contributed by atoms with Crippen molar-refractivity contribution < 1.29 is 39.8 Å². The van der Waals surface area contributed by atoms with Crippen molar-refractivity contribution in [2.75, 3.05) is 6.98 Å². The van der Waals surface area contributed by atoms with Crippen molar-refractivity contribution in [3.05, 3.63) is 71.6 Å². The lowest BCUT2D eigenvalue weighted by Crippen LogP contribution is -2.35. The van der Waals surface area contributed by atoms with E-state index in [0.717, 1.165) is 18.6 Å². The number of rotatable bonds is 4. The van der Waals surface area contributed by atoms with Gasteiger partial charge in [0, 0.05) is 46.6 Å². The molecular formula is C27H22F3N5O5S. The number of alkyl halides is 3. The second-order valence-electron chi connectivity index (χ2n) is 10.4. The number of hydrogen-bond donors (Lipinski definition) is 1. The summed E-state index contributed by atoms with van der Waals surface area (Å²) in [6.07, 6.45) is 5.01. The quantitative estimate of drug-likeness (QED) is 0.278. The van der Waals surface area contributed by atoms with E-state index in [2.05, 4.69) is 19.1 Å². The standard InChI is InChI=1S/C27H22F3N5O5S/c1-34-20-11-19(22-16(24(34)36)4-2-5-21(22)40-41(38,39)27(28,29)30)35-18-10-14(6-7-17(18)33-23(20)35)15-12-31-25(32-13-15)26(37)8-3-9-26/h2,4-7,10,12-13,19-20,37H,3,8-9,11H2,1H3/t19-,20-/m1/s1/i1D3. The summed E-state index contributed by atoms with van der Waals surface area (Å²) in [5.41, 5.74) is -5.23. The summed E-state index contributed by atoms with van der Waals surface area (Å²) < 4.78 is 94.6. The average molecular weight is 589 g/mol. The molecule has 212 valence electrons. The first-order valence-corrected chi connectivity index (χ1v) is 14.0. The van der Waals surface area contributed by atoms with Crippen LogP contribution in [-0.2, 0) is 15.7 Å². The smallest absolute Gasteiger partial charge is 0.382 e. The third kappa shape index (κ3) is 3.76. The maximum absolute atomic E-state index is 13.6. The first-order valence-electron chi connectivity index (χ1n) is 14.1. The monoisotopic (exact) mass is 588 g/mol. The minimum absolute atomic E-state index is 0.109. The Morgan fingerprint density at radius 2 is 1.88 bits per heavy atom. The fourth-order valence-electron chi connectivity index (χ4n) is 5.78. The minimum Gasteiger partial charge on any atom is -0.382 e. The van der Waals surface area contributed by atoms with Crippen molar-refractivity contribution in [2.24, 2.45) is 0 Å². The van der Waals surface area contributed by atoms with Gasteiger partial charge in [-0.2, -0.15) is 21.6 Å². The lowest BCUT2D eigenvalue weighted by Gasteiger charge is -2.34. The van der Waals surface area contributed by atoms with Crippen molar-refractivity contribution in [2.45, 2.75) is 48.9 Å². The number of fused-ring (bicyclic) bond motifs is 9. The lowest BCUT2D eigenvalue weighted by atomic mass is 9.79. The lowest BCUT2D eigenvalue weighted by molar-refractivity contribution is -0.0500.